The Hall–Kier alpha value is -2.11. The number of halogens is 1. The van der Waals surface area contributed by atoms with Crippen molar-refractivity contribution in [2.24, 2.45) is 11.7 Å². The van der Waals surface area contributed by atoms with Gasteiger partial charge in [-0.1, -0.05) is 24.3 Å². The quantitative estimate of drug-likeness (QED) is 0.846. The molecule has 1 aromatic heterocycles. The van der Waals surface area contributed by atoms with Crippen LogP contribution < -0.4 is 5.73 Å². The van der Waals surface area contributed by atoms with Gasteiger partial charge in [-0.2, -0.15) is 0 Å². The number of hydrogen-bond acceptors (Lipinski definition) is 4. The molecule has 5 nitrogen and oxygen atoms in total. The Morgan fingerprint density at radius 1 is 1.20 bits per heavy atom. The van der Waals surface area contributed by atoms with E-state index in [9.17, 15) is 9.59 Å². The summed E-state index contributed by atoms with van der Waals surface area (Å²) in [5.74, 6) is 1.25. The Morgan fingerprint density at radius 2 is 1.88 bits per heavy atom. The minimum atomic E-state index is -0.0925. The third kappa shape index (κ3) is 3.94. The maximum Gasteiger partial charge on any atom is 0.289 e. The molecule has 2 atom stereocenters. The molecule has 2 N–H and O–H groups in total. The van der Waals surface area contributed by atoms with E-state index in [0.29, 0.717) is 36.1 Å². The molecule has 0 aliphatic carbocycles. The minimum Gasteiger partial charge on any atom is -0.451 e. The van der Waals surface area contributed by atoms with Gasteiger partial charge in [-0.05, 0) is 44.9 Å². The highest BCUT2D eigenvalue weighted by atomic mass is 35.5. The summed E-state index contributed by atoms with van der Waals surface area (Å²) in [6.07, 6.45) is 0.933. The molecule has 0 spiro atoms. The van der Waals surface area contributed by atoms with Crippen molar-refractivity contribution in [2.75, 3.05) is 13.1 Å². The molecular formula is C19H23ClN2O3. The zero-order valence-electron chi connectivity index (χ0n) is 14.4. The number of hydrogen-bond donors (Lipinski definition) is 1. The van der Waals surface area contributed by atoms with Gasteiger partial charge >= 0.3 is 0 Å². The van der Waals surface area contributed by atoms with E-state index in [-0.39, 0.29) is 30.1 Å². The lowest BCUT2D eigenvalue weighted by Gasteiger charge is -2.20. The van der Waals surface area contributed by atoms with Gasteiger partial charge in [-0.25, -0.2) is 0 Å². The number of benzene rings is 1. The molecule has 2 aromatic rings. The van der Waals surface area contributed by atoms with E-state index in [2.05, 4.69) is 0 Å². The smallest absolute Gasteiger partial charge is 0.289 e. The number of furan rings is 1. The second kappa shape index (κ2) is 7.85. The van der Waals surface area contributed by atoms with E-state index in [0.717, 1.165) is 12.0 Å². The summed E-state index contributed by atoms with van der Waals surface area (Å²) >= 11 is 0. The number of carbonyl (C=O) groups excluding carboxylic acids is 2. The minimum absolute atomic E-state index is 0. The van der Waals surface area contributed by atoms with Gasteiger partial charge in [0.25, 0.3) is 5.91 Å². The fraction of sp³-hybridized carbons (Fsp3) is 0.368. The van der Waals surface area contributed by atoms with Gasteiger partial charge in [0.1, 0.15) is 5.76 Å². The highest BCUT2D eigenvalue weighted by Gasteiger charge is 2.33. The number of Topliss-reactive ketones (excluding diaryl/α,β-unsaturated/α-hetero) is 1. The average molecular weight is 363 g/mol. The summed E-state index contributed by atoms with van der Waals surface area (Å²) in [5.41, 5.74) is 7.22. The van der Waals surface area contributed by atoms with E-state index >= 15 is 0 Å². The number of carbonyl (C=O) groups is 2. The van der Waals surface area contributed by atoms with Crippen molar-refractivity contribution in [3.05, 3.63) is 47.7 Å². The van der Waals surface area contributed by atoms with Crippen molar-refractivity contribution in [3.63, 3.8) is 0 Å². The summed E-state index contributed by atoms with van der Waals surface area (Å²) in [7, 11) is 0. The van der Waals surface area contributed by atoms with Crippen molar-refractivity contribution < 1.29 is 14.0 Å². The lowest BCUT2D eigenvalue weighted by atomic mass is 10.1. The normalized spacial score (nSPS) is 19.6. The first-order valence-electron chi connectivity index (χ1n) is 8.22. The summed E-state index contributed by atoms with van der Waals surface area (Å²) in [5, 5.41) is 0. The highest BCUT2D eigenvalue weighted by Crippen LogP contribution is 2.27. The Kier molecular flexibility index (Phi) is 6.03. The topological polar surface area (TPSA) is 76.5 Å². The van der Waals surface area contributed by atoms with Gasteiger partial charge < -0.3 is 15.1 Å². The Labute approximate surface area is 153 Å². The summed E-state index contributed by atoms with van der Waals surface area (Å²) in [6.45, 7) is 4.85. The van der Waals surface area contributed by atoms with Gasteiger partial charge in [0.2, 0.25) is 0 Å². The van der Waals surface area contributed by atoms with Crippen molar-refractivity contribution in [2.45, 2.75) is 26.3 Å². The zero-order chi connectivity index (χ0) is 17.3. The van der Waals surface area contributed by atoms with Gasteiger partial charge in [-0.3, -0.25) is 9.59 Å². The maximum atomic E-state index is 12.7. The van der Waals surface area contributed by atoms with E-state index in [1.807, 2.05) is 24.0 Å². The largest absolute Gasteiger partial charge is 0.451 e. The highest BCUT2D eigenvalue weighted by molar-refractivity contribution is 5.94. The Balaban J connectivity index is 0.00000225. The third-order valence-electron chi connectivity index (χ3n) is 4.65. The molecular weight excluding hydrogens is 340 g/mol. The van der Waals surface area contributed by atoms with E-state index < -0.39 is 0 Å². The molecule has 0 bridgehead atoms. The summed E-state index contributed by atoms with van der Waals surface area (Å²) < 4.78 is 5.75. The SMILES string of the molecule is CC(=O)c1ccc(-c2ccc(C(=O)N3CC(CN)CC3C)o2)cc1.Cl. The fourth-order valence-corrected chi connectivity index (χ4v) is 3.21. The third-order valence-corrected chi connectivity index (χ3v) is 4.65. The molecule has 1 aliphatic rings. The van der Waals surface area contributed by atoms with Crippen LogP contribution in [0.2, 0.25) is 0 Å². The number of ketones is 1. The maximum absolute atomic E-state index is 12.7. The number of nitrogens with two attached hydrogens (primary N) is 1. The number of amides is 1. The molecule has 25 heavy (non-hydrogen) atoms. The molecule has 3 rings (SSSR count). The van der Waals surface area contributed by atoms with Crippen LogP contribution >= 0.6 is 12.4 Å². The number of nitrogens with zero attached hydrogens (tertiary/aromatic N) is 1. The molecule has 1 fully saturated rings. The lowest BCUT2D eigenvalue weighted by molar-refractivity contribution is 0.0712. The van der Waals surface area contributed by atoms with Crippen LogP contribution in [0.5, 0.6) is 0 Å². The standard InChI is InChI=1S/C19H22N2O3.ClH/c1-12-9-14(10-20)11-21(12)19(23)18-8-7-17(24-18)16-5-3-15(4-6-16)13(2)22;/h3-8,12,14H,9-11,20H2,1-2H3;1H. The van der Waals surface area contributed by atoms with Crippen LogP contribution in [0.15, 0.2) is 40.8 Å². The van der Waals surface area contributed by atoms with Crippen LogP contribution in [0.3, 0.4) is 0 Å². The number of likely N-dealkylation sites (tertiary alicyclic amines) is 1. The van der Waals surface area contributed by atoms with E-state index in [1.165, 1.54) is 6.92 Å². The molecule has 1 saturated heterocycles. The molecule has 1 aromatic carbocycles. The molecule has 2 heterocycles. The van der Waals surface area contributed by atoms with E-state index in [1.54, 1.807) is 24.3 Å². The van der Waals surface area contributed by atoms with Crippen LogP contribution in [0, 0.1) is 5.92 Å². The molecule has 0 radical (unpaired) electrons. The monoisotopic (exact) mass is 362 g/mol. The van der Waals surface area contributed by atoms with Crippen LogP contribution in [-0.4, -0.2) is 35.7 Å². The second-order valence-corrected chi connectivity index (χ2v) is 6.44. The molecule has 0 saturated carbocycles. The van der Waals surface area contributed by atoms with Crippen molar-refractivity contribution in [1.29, 1.82) is 0 Å². The average Bonchev–Trinajstić information content (AvgIpc) is 3.21. The molecule has 1 amide bonds. The molecule has 134 valence electrons. The molecule has 1 aliphatic heterocycles. The van der Waals surface area contributed by atoms with Crippen LogP contribution in [0.1, 0.15) is 41.2 Å². The van der Waals surface area contributed by atoms with Crippen molar-refractivity contribution >= 4 is 24.1 Å². The van der Waals surface area contributed by atoms with Crippen LogP contribution in [0.25, 0.3) is 11.3 Å². The van der Waals surface area contributed by atoms with Crippen molar-refractivity contribution in [3.8, 4) is 11.3 Å². The summed E-state index contributed by atoms with van der Waals surface area (Å²) in [4.78, 5) is 25.8. The summed E-state index contributed by atoms with van der Waals surface area (Å²) in [6, 6.07) is 10.8. The van der Waals surface area contributed by atoms with Gasteiger partial charge in [0, 0.05) is 23.7 Å². The van der Waals surface area contributed by atoms with Gasteiger partial charge in [0.05, 0.1) is 0 Å². The van der Waals surface area contributed by atoms with E-state index in [4.69, 9.17) is 10.2 Å². The Bertz CT molecular complexity index is 754. The second-order valence-electron chi connectivity index (χ2n) is 6.44. The van der Waals surface area contributed by atoms with Crippen LogP contribution in [0.4, 0.5) is 0 Å². The predicted octanol–water partition coefficient (Wildman–Crippen LogP) is 3.38. The van der Waals surface area contributed by atoms with Crippen LogP contribution in [-0.2, 0) is 0 Å². The molecule has 2 unspecified atom stereocenters. The Morgan fingerprint density at radius 3 is 2.44 bits per heavy atom. The first-order chi connectivity index (χ1) is 11.5. The first kappa shape index (κ1) is 19.2. The lowest BCUT2D eigenvalue weighted by Crippen LogP contribution is -2.34. The van der Waals surface area contributed by atoms with Gasteiger partial charge in [-0.15, -0.1) is 12.4 Å². The fourth-order valence-electron chi connectivity index (χ4n) is 3.21. The first-order valence-corrected chi connectivity index (χ1v) is 8.22. The predicted molar refractivity (Wildman–Crippen MR) is 99.1 cm³/mol. The number of rotatable bonds is 4. The zero-order valence-corrected chi connectivity index (χ0v) is 15.2. The van der Waals surface area contributed by atoms with Crippen molar-refractivity contribution in [1.82, 2.24) is 4.90 Å². The van der Waals surface area contributed by atoms with Gasteiger partial charge in [0.15, 0.2) is 11.5 Å². The molecule has 6 heteroatoms.